The summed E-state index contributed by atoms with van der Waals surface area (Å²) in [6, 6.07) is 0.889. The summed E-state index contributed by atoms with van der Waals surface area (Å²) in [6.45, 7) is 1.65. The van der Waals surface area contributed by atoms with E-state index in [4.69, 9.17) is 11.6 Å². The summed E-state index contributed by atoms with van der Waals surface area (Å²) in [4.78, 5) is 11.1. The largest absolute Gasteiger partial charge is 0.466 e. The lowest BCUT2D eigenvalue weighted by molar-refractivity contribution is -0.142. The van der Waals surface area contributed by atoms with Crippen LogP contribution in [0.4, 0.5) is 17.6 Å². The number of benzene rings is 1. The maximum absolute atomic E-state index is 13.4. The second-order valence-corrected chi connectivity index (χ2v) is 3.81. The predicted octanol–water partition coefficient (Wildman–Crippen LogP) is 3.60. The van der Waals surface area contributed by atoms with Crippen LogP contribution in [0.1, 0.15) is 18.1 Å². The van der Waals surface area contributed by atoms with E-state index >= 15 is 0 Å². The van der Waals surface area contributed by atoms with E-state index in [1.807, 2.05) is 0 Å². The third-order valence-corrected chi connectivity index (χ3v) is 2.43. The van der Waals surface area contributed by atoms with Crippen molar-refractivity contribution in [2.45, 2.75) is 19.5 Å². The molecule has 0 spiro atoms. The number of carbonyl (C=O) groups is 1. The normalized spacial score (nSPS) is 11.4. The molecule has 0 fully saturated rings. The summed E-state index contributed by atoms with van der Waals surface area (Å²) in [5, 5.41) is -0.449. The number of hydrogen-bond donors (Lipinski definition) is 0. The maximum Gasteiger partial charge on any atom is 0.416 e. The molecule has 0 aromatic heterocycles. The Morgan fingerprint density at radius 3 is 2.44 bits per heavy atom. The summed E-state index contributed by atoms with van der Waals surface area (Å²) in [5.41, 5.74) is -1.50. The summed E-state index contributed by atoms with van der Waals surface area (Å²) in [7, 11) is 0. The molecule has 2 nitrogen and oxygen atoms in total. The van der Waals surface area contributed by atoms with E-state index < -0.39 is 35.0 Å². The molecule has 0 saturated heterocycles. The van der Waals surface area contributed by atoms with Gasteiger partial charge >= 0.3 is 12.1 Å². The molecule has 0 aliphatic carbocycles. The SMILES string of the molecule is CCOC(=O)Cc1c(F)cc(C(F)(F)F)cc1Cl. The summed E-state index contributed by atoms with van der Waals surface area (Å²) >= 11 is 5.54. The zero-order valence-electron chi connectivity index (χ0n) is 9.28. The Kier molecular flexibility index (Phi) is 4.56. The second-order valence-electron chi connectivity index (χ2n) is 3.40. The van der Waals surface area contributed by atoms with Gasteiger partial charge in [0.25, 0.3) is 0 Å². The van der Waals surface area contributed by atoms with Crippen molar-refractivity contribution in [1.82, 2.24) is 0 Å². The van der Waals surface area contributed by atoms with Crippen LogP contribution in [0.15, 0.2) is 12.1 Å². The molecule has 0 bridgehead atoms. The molecular weight excluding hydrogens is 276 g/mol. The quantitative estimate of drug-likeness (QED) is 0.626. The molecule has 0 aliphatic rings. The zero-order valence-corrected chi connectivity index (χ0v) is 10.0. The molecule has 0 N–H and O–H groups in total. The van der Waals surface area contributed by atoms with Crippen molar-refractivity contribution < 1.29 is 27.1 Å². The van der Waals surface area contributed by atoms with E-state index in [9.17, 15) is 22.4 Å². The van der Waals surface area contributed by atoms with Crippen LogP contribution in [-0.4, -0.2) is 12.6 Å². The average molecular weight is 285 g/mol. The molecule has 0 amide bonds. The van der Waals surface area contributed by atoms with Crippen LogP contribution in [0.2, 0.25) is 5.02 Å². The van der Waals surface area contributed by atoms with Crippen LogP contribution in [0.3, 0.4) is 0 Å². The Labute approximate surface area is 105 Å². The van der Waals surface area contributed by atoms with E-state index in [-0.39, 0.29) is 12.2 Å². The molecule has 7 heteroatoms. The van der Waals surface area contributed by atoms with Gasteiger partial charge in [-0.15, -0.1) is 0 Å². The van der Waals surface area contributed by atoms with E-state index in [2.05, 4.69) is 4.74 Å². The fraction of sp³-hybridized carbons (Fsp3) is 0.364. The number of ether oxygens (including phenoxy) is 1. The molecule has 0 aliphatic heterocycles. The molecule has 0 radical (unpaired) electrons. The Morgan fingerprint density at radius 1 is 1.39 bits per heavy atom. The average Bonchev–Trinajstić information content (AvgIpc) is 2.22. The maximum atomic E-state index is 13.4. The molecule has 100 valence electrons. The van der Waals surface area contributed by atoms with E-state index in [0.717, 1.165) is 0 Å². The Morgan fingerprint density at radius 2 is 2.00 bits per heavy atom. The van der Waals surface area contributed by atoms with Gasteiger partial charge in [-0.3, -0.25) is 4.79 Å². The lowest BCUT2D eigenvalue weighted by Gasteiger charge is -2.11. The molecule has 0 atom stereocenters. The van der Waals surface area contributed by atoms with Gasteiger partial charge in [0, 0.05) is 10.6 Å². The van der Waals surface area contributed by atoms with E-state index in [1.54, 1.807) is 6.92 Å². The van der Waals surface area contributed by atoms with Gasteiger partial charge in [0.2, 0.25) is 0 Å². The minimum absolute atomic E-state index is 0.0959. The van der Waals surface area contributed by atoms with Crippen molar-refractivity contribution in [3.8, 4) is 0 Å². The molecule has 1 aromatic carbocycles. The Hall–Kier alpha value is -1.30. The fourth-order valence-electron chi connectivity index (χ4n) is 1.29. The summed E-state index contributed by atoms with van der Waals surface area (Å²) in [6.07, 6.45) is -5.19. The molecule has 0 heterocycles. The molecule has 1 aromatic rings. The van der Waals surface area contributed by atoms with Crippen molar-refractivity contribution in [3.05, 3.63) is 34.1 Å². The van der Waals surface area contributed by atoms with Crippen LogP contribution in [0.25, 0.3) is 0 Å². The predicted molar refractivity (Wildman–Crippen MR) is 56.7 cm³/mol. The topological polar surface area (TPSA) is 26.3 Å². The van der Waals surface area contributed by atoms with Gasteiger partial charge in [-0.2, -0.15) is 13.2 Å². The van der Waals surface area contributed by atoms with Gasteiger partial charge in [0.05, 0.1) is 18.6 Å². The highest BCUT2D eigenvalue weighted by Crippen LogP contribution is 2.33. The minimum atomic E-state index is -4.69. The Bertz CT molecular complexity index is 434. The zero-order chi connectivity index (χ0) is 13.9. The molecule has 0 saturated carbocycles. The Balaban J connectivity index is 3.06. The van der Waals surface area contributed by atoms with Gasteiger partial charge in [0.1, 0.15) is 5.82 Å². The molecule has 1 rings (SSSR count). The smallest absolute Gasteiger partial charge is 0.416 e. The van der Waals surface area contributed by atoms with Crippen LogP contribution in [0.5, 0.6) is 0 Å². The van der Waals surface area contributed by atoms with Crippen molar-refractivity contribution in [2.75, 3.05) is 6.61 Å². The van der Waals surface area contributed by atoms with E-state index in [1.165, 1.54) is 0 Å². The first-order valence-electron chi connectivity index (χ1n) is 4.96. The van der Waals surface area contributed by atoms with Gasteiger partial charge < -0.3 is 4.74 Å². The number of carbonyl (C=O) groups excluding carboxylic acids is 1. The number of halogens is 5. The number of hydrogen-bond acceptors (Lipinski definition) is 2. The van der Waals surface area contributed by atoms with E-state index in [0.29, 0.717) is 12.1 Å². The number of alkyl halides is 3. The first kappa shape index (κ1) is 14.8. The van der Waals surface area contributed by atoms with Crippen LogP contribution < -0.4 is 0 Å². The lowest BCUT2D eigenvalue weighted by Crippen LogP contribution is -2.11. The first-order chi connectivity index (χ1) is 8.25. The minimum Gasteiger partial charge on any atom is -0.466 e. The fourth-order valence-corrected chi connectivity index (χ4v) is 1.57. The van der Waals surface area contributed by atoms with Gasteiger partial charge in [-0.05, 0) is 19.1 Å². The van der Waals surface area contributed by atoms with Gasteiger partial charge in [-0.25, -0.2) is 4.39 Å². The highest BCUT2D eigenvalue weighted by Gasteiger charge is 2.32. The number of esters is 1. The summed E-state index contributed by atoms with van der Waals surface area (Å²) < 4.78 is 55.1. The second kappa shape index (κ2) is 5.56. The van der Waals surface area contributed by atoms with Crippen molar-refractivity contribution in [3.63, 3.8) is 0 Å². The van der Waals surface area contributed by atoms with Crippen LogP contribution >= 0.6 is 11.6 Å². The summed E-state index contributed by atoms with van der Waals surface area (Å²) in [5.74, 6) is -1.93. The lowest BCUT2D eigenvalue weighted by atomic mass is 10.1. The molecule has 0 unspecified atom stereocenters. The highest BCUT2D eigenvalue weighted by molar-refractivity contribution is 6.31. The van der Waals surface area contributed by atoms with Gasteiger partial charge in [0.15, 0.2) is 0 Å². The molecular formula is C11H9ClF4O2. The first-order valence-corrected chi connectivity index (χ1v) is 5.34. The standard InChI is InChI=1S/C11H9ClF4O2/c1-2-18-10(17)5-7-8(12)3-6(4-9(7)13)11(14,15)16/h3-4H,2,5H2,1H3. The van der Waals surface area contributed by atoms with Gasteiger partial charge in [-0.1, -0.05) is 11.6 Å². The third-order valence-electron chi connectivity index (χ3n) is 2.09. The third kappa shape index (κ3) is 3.60. The van der Waals surface area contributed by atoms with Crippen molar-refractivity contribution in [1.29, 1.82) is 0 Å². The van der Waals surface area contributed by atoms with Crippen molar-refractivity contribution >= 4 is 17.6 Å². The van der Waals surface area contributed by atoms with Crippen LogP contribution in [0, 0.1) is 5.82 Å². The van der Waals surface area contributed by atoms with Crippen molar-refractivity contribution in [2.24, 2.45) is 0 Å². The molecule has 18 heavy (non-hydrogen) atoms. The van der Waals surface area contributed by atoms with Crippen LogP contribution in [-0.2, 0) is 22.1 Å². The monoisotopic (exact) mass is 284 g/mol. The highest BCUT2D eigenvalue weighted by atomic mass is 35.5. The number of rotatable bonds is 3.